The fourth-order valence-corrected chi connectivity index (χ4v) is 7.31. The van der Waals surface area contributed by atoms with Crippen molar-refractivity contribution in [1.29, 1.82) is 0 Å². The molecule has 33 heavy (non-hydrogen) atoms. The minimum absolute atomic E-state index is 0.104. The van der Waals surface area contributed by atoms with Crippen molar-refractivity contribution in [2.45, 2.75) is 48.8 Å². The highest BCUT2D eigenvalue weighted by atomic mass is 32.2. The molecule has 0 aromatic heterocycles. The van der Waals surface area contributed by atoms with E-state index in [-0.39, 0.29) is 15.4 Å². The van der Waals surface area contributed by atoms with Crippen LogP contribution in [0.25, 0.3) is 0 Å². The Balaban J connectivity index is 1.52. The van der Waals surface area contributed by atoms with Gasteiger partial charge in [0.1, 0.15) is 0 Å². The Morgan fingerprint density at radius 2 is 1.21 bits per heavy atom. The van der Waals surface area contributed by atoms with E-state index in [1.54, 1.807) is 25.1 Å². The average molecular weight is 492 g/mol. The minimum Gasteiger partial charge on any atom is -0.322 e. The first kappa shape index (κ1) is 23.9. The van der Waals surface area contributed by atoms with Gasteiger partial charge in [-0.1, -0.05) is 12.5 Å². The predicted octanol–water partition coefficient (Wildman–Crippen LogP) is 3.21. The zero-order chi connectivity index (χ0) is 23.6. The van der Waals surface area contributed by atoms with E-state index in [0.717, 1.165) is 32.1 Å². The highest BCUT2D eigenvalue weighted by Crippen LogP contribution is 2.25. The van der Waals surface area contributed by atoms with Crippen molar-refractivity contribution in [2.75, 3.05) is 31.5 Å². The molecule has 2 saturated heterocycles. The van der Waals surface area contributed by atoms with Crippen molar-refractivity contribution in [3.05, 3.63) is 53.6 Å². The van der Waals surface area contributed by atoms with Gasteiger partial charge in [-0.2, -0.15) is 8.61 Å². The van der Waals surface area contributed by atoms with Crippen LogP contribution in [0.5, 0.6) is 0 Å². The summed E-state index contributed by atoms with van der Waals surface area (Å²) in [6.45, 7) is 3.78. The SMILES string of the molecule is Cc1ccc(S(=O)(=O)N2CCCCC2)cc1C(=O)Nc1ccc(S(=O)(=O)N2CCCC2)cc1. The summed E-state index contributed by atoms with van der Waals surface area (Å²) in [4.78, 5) is 13.2. The topological polar surface area (TPSA) is 104 Å². The van der Waals surface area contributed by atoms with Crippen LogP contribution in [0.2, 0.25) is 0 Å². The van der Waals surface area contributed by atoms with Gasteiger partial charge in [0.05, 0.1) is 9.79 Å². The molecular weight excluding hydrogens is 462 g/mol. The van der Waals surface area contributed by atoms with E-state index in [0.29, 0.717) is 37.4 Å². The molecule has 178 valence electrons. The van der Waals surface area contributed by atoms with Crippen molar-refractivity contribution >= 4 is 31.6 Å². The van der Waals surface area contributed by atoms with Gasteiger partial charge < -0.3 is 5.32 Å². The van der Waals surface area contributed by atoms with E-state index in [1.165, 1.54) is 32.9 Å². The quantitative estimate of drug-likeness (QED) is 0.668. The minimum atomic E-state index is -3.66. The first-order valence-corrected chi connectivity index (χ1v) is 14.1. The highest BCUT2D eigenvalue weighted by molar-refractivity contribution is 7.89. The second-order valence-corrected chi connectivity index (χ2v) is 12.4. The van der Waals surface area contributed by atoms with Crippen LogP contribution >= 0.6 is 0 Å². The number of piperidine rings is 1. The molecular formula is C23H29N3O5S2. The predicted molar refractivity (Wildman–Crippen MR) is 126 cm³/mol. The lowest BCUT2D eigenvalue weighted by atomic mass is 10.1. The summed E-state index contributed by atoms with van der Waals surface area (Å²) in [5, 5.41) is 2.75. The van der Waals surface area contributed by atoms with Gasteiger partial charge in [-0.15, -0.1) is 0 Å². The molecule has 1 N–H and O–H groups in total. The van der Waals surface area contributed by atoms with Gasteiger partial charge in [0, 0.05) is 37.4 Å². The Morgan fingerprint density at radius 3 is 1.79 bits per heavy atom. The van der Waals surface area contributed by atoms with Crippen molar-refractivity contribution < 1.29 is 21.6 Å². The lowest BCUT2D eigenvalue weighted by Gasteiger charge is -2.26. The van der Waals surface area contributed by atoms with Crippen LogP contribution < -0.4 is 5.32 Å². The summed E-state index contributed by atoms with van der Waals surface area (Å²) in [6.07, 6.45) is 4.41. The molecule has 0 aliphatic carbocycles. The van der Waals surface area contributed by atoms with E-state index in [1.807, 2.05) is 0 Å². The Bertz CT molecular complexity index is 1230. The smallest absolute Gasteiger partial charge is 0.255 e. The number of hydrogen-bond donors (Lipinski definition) is 1. The van der Waals surface area contributed by atoms with E-state index < -0.39 is 26.0 Å². The van der Waals surface area contributed by atoms with Gasteiger partial charge in [-0.3, -0.25) is 4.79 Å². The second-order valence-electron chi connectivity index (χ2n) is 8.53. The summed E-state index contributed by atoms with van der Waals surface area (Å²) < 4.78 is 54.3. The van der Waals surface area contributed by atoms with Gasteiger partial charge in [0.2, 0.25) is 20.0 Å². The van der Waals surface area contributed by atoms with Crippen LogP contribution in [-0.2, 0) is 20.0 Å². The van der Waals surface area contributed by atoms with Gasteiger partial charge >= 0.3 is 0 Å². The zero-order valence-electron chi connectivity index (χ0n) is 18.7. The number of aryl methyl sites for hydroxylation is 1. The monoisotopic (exact) mass is 491 g/mol. The second kappa shape index (κ2) is 9.54. The summed E-state index contributed by atoms with van der Waals surface area (Å²) >= 11 is 0. The number of nitrogens with zero attached hydrogens (tertiary/aromatic N) is 2. The third-order valence-electron chi connectivity index (χ3n) is 6.22. The molecule has 0 unspecified atom stereocenters. The lowest BCUT2D eigenvalue weighted by molar-refractivity contribution is 0.102. The first-order chi connectivity index (χ1) is 15.7. The van der Waals surface area contributed by atoms with Gasteiger partial charge in [-0.25, -0.2) is 16.8 Å². The molecule has 0 saturated carbocycles. The summed E-state index contributed by atoms with van der Waals surface area (Å²) in [5.41, 5.74) is 1.35. The van der Waals surface area contributed by atoms with Crippen molar-refractivity contribution in [3.63, 3.8) is 0 Å². The Hall–Kier alpha value is -2.27. The number of hydrogen-bond acceptors (Lipinski definition) is 5. The Morgan fingerprint density at radius 1 is 0.727 bits per heavy atom. The number of carbonyl (C=O) groups is 1. The zero-order valence-corrected chi connectivity index (χ0v) is 20.3. The number of rotatable bonds is 6. The Labute approximate surface area is 195 Å². The molecule has 1 amide bonds. The number of anilines is 1. The maximum atomic E-state index is 13.0. The summed E-state index contributed by atoms with van der Waals surface area (Å²) in [5.74, 6) is -0.446. The molecule has 10 heteroatoms. The summed E-state index contributed by atoms with van der Waals surface area (Å²) in [7, 11) is -7.18. The lowest BCUT2D eigenvalue weighted by Crippen LogP contribution is -2.35. The molecule has 2 heterocycles. The third-order valence-corrected chi connectivity index (χ3v) is 10.0. The van der Waals surface area contributed by atoms with Crippen LogP contribution in [0.15, 0.2) is 52.3 Å². The standard InChI is InChI=1S/C23H29N3O5S2/c1-18-7-10-21(33(30,31)26-13-3-2-4-14-26)17-22(18)23(27)24-19-8-11-20(12-9-19)32(28,29)25-15-5-6-16-25/h7-12,17H,2-6,13-16H2,1H3,(H,24,27). The Kier molecular flexibility index (Phi) is 6.90. The van der Waals surface area contributed by atoms with E-state index in [9.17, 15) is 21.6 Å². The van der Waals surface area contributed by atoms with Crippen LogP contribution in [0, 0.1) is 6.92 Å². The van der Waals surface area contributed by atoms with E-state index in [2.05, 4.69) is 5.32 Å². The van der Waals surface area contributed by atoms with Crippen LogP contribution in [0.1, 0.15) is 48.0 Å². The number of nitrogens with one attached hydrogen (secondary N) is 1. The molecule has 2 aromatic rings. The molecule has 4 rings (SSSR count). The van der Waals surface area contributed by atoms with Crippen LogP contribution in [0.3, 0.4) is 0 Å². The fraction of sp³-hybridized carbons (Fsp3) is 0.435. The normalized spacial score (nSPS) is 18.3. The molecule has 0 spiro atoms. The average Bonchev–Trinajstić information content (AvgIpc) is 3.36. The summed E-state index contributed by atoms with van der Waals surface area (Å²) in [6, 6.07) is 10.6. The number of sulfonamides is 2. The van der Waals surface area contributed by atoms with Crippen molar-refractivity contribution in [1.82, 2.24) is 8.61 Å². The molecule has 2 aliphatic heterocycles. The molecule has 2 fully saturated rings. The molecule has 0 bridgehead atoms. The number of benzene rings is 2. The molecule has 8 nitrogen and oxygen atoms in total. The molecule has 2 aromatic carbocycles. The van der Waals surface area contributed by atoms with Crippen LogP contribution in [-0.4, -0.2) is 57.5 Å². The fourth-order valence-electron chi connectivity index (χ4n) is 4.25. The van der Waals surface area contributed by atoms with E-state index in [4.69, 9.17) is 0 Å². The van der Waals surface area contributed by atoms with Gasteiger partial charge in [0.15, 0.2) is 0 Å². The van der Waals surface area contributed by atoms with Crippen molar-refractivity contribution in [2.24, 2.45) is 0 Å². The highest BCUT2D eigenvalue weighted by Gasteiger charge is 2.28. The largest absolute Gasteiger partial charge is 0.322 e. The third kappa shape index (κ3) is 4.98. The first-order valence-electron chi connectivity index (χ1n) is 11.2. The van der Waals surface area contributed by atoms with Crippen molar-refractivity contribution in [3.8, 4) is 0 Å². The maximum absolute atomic E-state index is 13.0. The maximum Gasteiger partial charge on any atom is 0.255 e. The number of amides is 1. The number of carbonyl (C=O) groups excluding carboxylic acids is 1. The molecule has 0 radical (unpaired) electrons. The van der Waals surface area contributed by atoms with Gasteiger partial charge in [-0.05, 0) is 74.6 Å². The molecule has 0 atom stereocenters. The molecule has 2 aliphatic rings. The van der Waals surface area contributed by atoms with E-state index >= 15 is 0 Å². The van der Waals surface area contributed by atoms with Crippen LogP contribution in [0.4, 0.5) is 5.69 Å². The van der Waals surface area contributed by atoms with Gasteiger partial charge in [0.25, 0.3) is 5.91 Å².